The number of amides is 1. The maximum absolute atomic E-state index is 12.1. The van der Waals surface area contributed by atoms with Gasteiger partial charge in [-0.25, -0.2) is 9.97 Å². The van der Waals surface area contributed by atoms with E-state index in [1.165, 1.54) is 5.56 Å². The third-order valence-corrected chi connectivity index (χ3v) is 3.66. The van der Waals surface area contributed by atoms with Gasteiger partial charge >= 0.3 is 0 Å². The van der Waals surface area contributed by atoms with Crippen molar-refractivity contribution in [1.82, 2.24) is 15.3 Å². The summed E-state index contributed by atoms with van der Waals surface area (Å²) < 4.78 is 0. The lowest BCUT2D eigenvalue weighted by Gasteiger charge is -2.08. The van der Waals surface area contributed by atoms with Gasteiger partial charge < -0.3 is 10.6 Å². The largest absolute Gasteiger partial charge is 0.354 e. The summed E-state index contributed by atoms with van der Waals surface area (Å²) in [6, 6.07) is 12.0. The second-order valence-electron chi connectivity index (χ2n) is 6.22. The van der Waals surface area contributed by atoms with Crippen LogP contribution >= 0.6 is 0 Å². The first-order chi connectivity index (χ1) is 11.6. The summed E-state index contributed by atoms with van der Waals surface area (Å²) in [7, 11) is 0. The fraction of sp³-hybridized carbons (Fsp3) is 0.421. The molecule has 1 amide bonds. The fourth-order valence-corrected chi connectivity index (χ4v) is 2.27. The summed E-state index contributed by atoms with van der Waals surface area (Å²) in [6.45, 7) is 5.70. The first-order valence-electron chi connectivity index (χ1n) is 8.54. The smallest absolute Gasteiger partial charge is 0.270 e. The van der Waals surface area contributed by atoms with Crippen molar-refractivity contribution in [2.75, 3.05) is 18.4 Å². The van der Waals surface area contributed by atoms with E-state index in [2.05, 4.69) is 46.6 Å². The number of anilines is 1. The summed E-state index contributed by atoms with van der Waals surface area (Å²) in [5, 5.41) is 6.07. The average molecular weight is 326 g/mol. The predicted molar refractivity (Wildman–Crippen MR) is 97.1 cm³/mol. The standard InChI is InChI=1S/C19H26N4O/c1-15(2)10-13-20-18(24)17-11-14-22-19(23-17)21-12-6-9-16-7-4-3-5-8-16/h3-5,7-8,11,14-15H,6,9-10,12-13H2,1-2H3,(H,20,24)(H,21,22,23). The van der Waals surface area contributed by atoms with E-state index >= 15 is 0 Å². The molecular weight excluding hydrogens is 300 g/mol. The van der Waals surface area contributed by atoms with Crippen LogP contribution in [0.5, 0.6) is 0 Å². The minimum Gasteiger partial charge on any atom is -0.354 e. The van der Waals surface area contributed by atoms with Crippen LogP contribution in [0.4, 0.5) is 5.95 Å². The molecule has 0 fully saturated rings. The van der Waals surface area contributed by atoms with Crippen LogP contribution in [0.2, 0.25) is 0 Å². The quantitative estimate of drug-likeness (QED) is 0.694. The van der Waals surface area contributed by atoms with E-state index in [1.54, 1.807) is 12.3 Å². The first-order valence-corrected chi connectivity index (χ1v) is 8.54. The highest BCUT2D eigenvalue weighted by atomic mass is 16.1. The van der Waals surface area contributed by atoms with E-state index < -0.39 is 0 Å². The molecule has 0 bridgehead atoms. The number of hydrogen-bond acceptors (Lipinski definition) is 4. The molecule has 0 saturated carbocycles. The van der Waals surface area contributed by atoms with Crippen molar-refractivity contribution in [1.29, 1.82) is 0 Å². The van der Waals surface area contributed by atoms with Gasteiger partial charge in [0.2, 0.25) is 5.95 Å². The highest BCUT2D eigenvalue weighted by Gasteiger charge is 2.08. The van der Waals surface area contributed by atoms with Gasteiger partial charge in [0, 0.05) is 19.3 Å². The Morgan fingerprint density at radius 1 is 1.12 bits per heavy atom. The molecular formula is C19H26N4O. The van der Waals surface area contributed by atoms with Crippen LogP contribution in [0.15, 0.2) is 42.6 Å². The zero-order chi connectivity index (χ0) is 17.2. The topological polar surface area (TPSA) is 66.9 Å². The highest BCUT2D eigenvalue weighted by molar-refractivity contribution is 5.92. The monoisotopic (exact) mass is 326 g/mol. The van der Waals surface area contributed by atoms with Crippen molar-refractivity contribution in [2.24, 2.45) is 5.92 Å². The fourth-order valence-electron chi connectivity index (χ4n) is 2.27. The number of carbonyl (C=O) groups excluding carboxylic acids is 1. The minimum atomic E-state index is -0.148. The maximum atomic E-state index is 12.1. The van der Waals surface area contributed by atoms with Crippen LogP contribution < -0.4 is 10.6 Å². The number of benzene rings is 1. The third kappa shape index (κ3) is 6.36. The molecule has 0 saturated heterocycles. The van der Waals surface area contributed by atoms with E-state index in [0.717, 1.165) is 25.8 Å². The van der Waals surface area contributed by atoms with Gasteiger partial charge in [0.15, 0.2) is 0 Å². The van der Waals surface area contributed by atoms with Crippen LogP contribution in [0.25, 0.3) is 0 Å². The molecule has 0 aliphatic heterocycles. The summed E-state index contributed by atoms with van der Waals surface area (Å²) >= 11 is 0. The molecule has 1 heterocycles. The lowest BCUT2D eigenvalue weighted by molar-refractivity contribution is 0.0947. The molecule has 1 aromatic heterocycles. The number of rotatable bonds is 9. The number of aromatic nitrogens is 2. The maximum Gasteiger partial charge on any atom is 0.270 e. The zero-order valence-electron chi connectivity index (χ0n) is 14.5. The molecule has 5 nitrogen and oxygen atoms in total. The van der Waals surface area contributed by atoms with Crippen LogP contribution in [-0.4, -0.2) is 29.0 Å². The third-order valence-electron chi connectivity index (χ3n) is 3.66. The Balaban J connectivity index is 1.76. The molecule has 2 N–H and O–H groups in total. The van der Waals surface area contributed by atoms with Crippen LogP contribution in [0.1, 0.15) is 42.7 Å². The lowest BCUT2D eigenvalue weighted by Crippen LogP contribution is -2.26. The van der Waals surface area contributed by atoms with Crippen molar-refractivity contribution < 1.29 is 4.79 Å². The molecule has 0 unspecified atom stereocenters. The van der Waals surface area contributed by atoms with Gasteiger partial charge in [-0.1, -0.05) is 44.2 Å². The Labute approximate surface area is 143 Å². The predicted octanol–water partition coefficient (Wildman–Crippen LogP) is 3.30. The summed E-state index contributed by atoms with van der Waals surface area (Å²) in [5.74, 6) is 0.919. The van der Waals surface area contributed by atoms with Gasteiger partial charge in [-0.2, -0.15) is 0 Å². The van der Waals surface area contributed by atoms with Crippen LogP contribution in [-0.2, 0) is 6.42 Å². The van der Waals surface area contributed by atoms with Crippen LogP contribution in [0, 0.1) is 5.92 Å². The molecule has 0 aliphatic rings. The van der Waals surface area contributed by atoms with Gasteiger partial charge in [-0.3, -0.25) is 4.79 Å². The van der Waals surface area contributed by atoms with Gasteiger partial charge in [0.25, 0.3) is 5.91 Å². The summed E-state index contributed by atoms with van der Waals surface area (Å²) in [6.07, 6.45) is 4.56. The van der Waals surface area contributed by atoms with Gasteiger partial charge in [-0.15, -0.1) is 0 Å². The number of aryl methyl sites for hydroxylation is 1. The molecule has 128 valence electrons. The van der Waals surface area contributed by atoms with E-state index in [1.807, 2.05) is 18.2 Å². The first kappa shape index (κ1) is 17.9. The molecule has 2 aromatic rings. The summed E-state index contributed by atoms with van der Waals surface area (Å²) in [4.78, 5) is 20.5. The number of hydrogen-bond donors (Lipinski definition) is 2. The molecule has 0 spiro atoms. The van der Waals surface area contributed by atoms with E-state index in [0.29, 0.717) is 24.1 Å². The number of carbonyl (C=O) groups is 1. The second kappa shape index (κ2) is 9.65. The Morgan fingerprint density at radius 3 is 2.67 bits per heavy atom. The Bertz CT molecular complexity index is 628. The summed E-state index contributed by atoms with van der Waals surface area (Å²) in [5.41, 5.74) is 1.72. The van der Waals surface area contributed by atoms with E-state index in [9.17, 15) is 4.79 Å². The van der Waals surface area contributed by atoms with Gasteiger partial charge in [0.05, 0.1) is 0 Å². The van der Waals surface area contributed by atoms with E-state index in [4.69, 9.17) is 0 Å². The molecule has 0 aliphatic carbocycles. The Hall–Kier alpha value is -2.43. The Morgan fingerprint density at radius 2 is 1.92 bits per heavy atom. The van der Waals surface area contributed by atoms with Crippen LogP contribution in [0.3, 0.4) is 0 Å². The lowest BCUT2D eigenvalue weighted by atomic mass is 10.1. The average Bonchev–Trinajstić information content (AvgIpc) is 2.59. The SMILES string of the molecule is CC(C)CCNC(=O)c1ccnc(NCCCc2ccccc2)n1. The van der Waals surface area contributed by atoms with Gasteiger partial charge in [0.1, 0.15) is 5.69 Å². The molecule has 0 radical (unpaired) electrons. The zero-order valence-corrected chi connectivity index (χ0v) is 14.5. The molecule has 0 atom stereocenters. The Kier molecular flexibility index (Phi) is 7.21. The highest BCUT2D eigenvalue weighted by Crippen LogP contribution is 2.05. The number of nitrogens with zero attached hydrogens (tertiary/aromatic N) is 2. The van der Waals surface area contributed by atoms with Crippen molar-refractivity contribution >= 4 is 11.9 Å². The molecule has 2 rings (SSSR count). The number of nitrogens with one attached hydrogen (secondary N) is 2. The van der Waals surface area contributed by atoms with Gasteiger partial charge in [-0.05, 0) is 36.8 Å². The molecule has 1 aromatic carbocycles. The minimum absolute atomic E-state index is 0.148. The second-order valence-corrected chi connectivity index (χ2v) is 6.22. The molecule has 5 heteroatoms. The van der Waals surface area contributed by atoms with Crippen molar-refractivity contribution in [3.63, 3.8) is 0 Å². The van der Waals surface area contributed by atoms with E-state index in [-0.39, 0.29) is 5.91 Å². The normalized spacial score (nSPS) is 10.6. The van der Waals surface area contributed by atoms with Crippen molar-refractivity contribution in [3.8, 4) is 0 Å². The van der Waals surface area contributed by atoms with Crippen molar-refractivity contribution in [2.45, 2.75) is 33.1 Å². The molecule has 24 heavy (non-hydrogen) atoms. The van der Waals surface area contributed by atoms with Crippen molar-refractivity contribution in [3.05, 3.63) is 53.9 Å².